The summed E-state index contributed by atoms with van der Waals surface area (Å²) in [5, 5.41) is 6.51. The lowest BCUT2D eigenvalue weighted by molar-refractivity contribution is -0.123. The van der Waals surface area contributed by atoms with Crippen molar-refractivity contribution in [3.05, 3.63) is 35.4 Å². The minimum absolute atomic E-state index is 0.0761. The van der Waals surface area contributed by atoms with Gasteiger partial charge in [0, 0.05) is 13.1 Å². The molecule has 108 valence electrons. The summed E-state index contributed by atoms with van der Waals surface area (Å²) in [7, 11) is 0. The Hall–Kier alpha value is -1.35. The average Bonchev–Trinajstić information content (AvgIpc) is 3.25. The van der Waals surface area contributed by atoms with Gasteiger partial charge in [0.2, 0.25) is 5.91 Å². The van der Waals surface area contributed by atoms with Gasteiger partial charge in [0.05, 0.1) is 6.04 Å². The number of carbonyl (C=O) groups excluding carboxylic acids is 1. The molecule has 3 nitrogen and oxygen atoms in total. The molecule has 1 amide bonds. The second-order valence-corrected chi connectivity index (χ2v) is 6.64. The first-order valence-corrected chi connectivity index (χ1v) is 7.69. The van der Waals surface area contributed by atoms with Crippen molar-refractivity contribution in [2.75, 3.05) is 6.54 Å². The number of nitrogens with one attached hydrogen (secondary N) is 2. The Morgan fingerprint density at radius 2 is 2.05 bits per heavy atom. The van der Waals surface area contributed by atoms with E-state index in [0.29, 0.717) is 11.3 Å². The molecule has 1 heterocycles. The number of hydrogen-bond acceptors (Lipinski definition) is 2. The van der Waals surface area contributed by atoms with Crippen LogP contribution in [0.5, 0.6) is 0 Å². The summed E-state index contributed by atoms with van der Waals surface area (Å²) < 4.78 is 0. The summed E-state index contributed by atoms with van der Waals surface area (Å²) in [5.74, 6) is 0.814. The minimum Gasteiger partial charge on any atom is -0.354 e. The van der Waals surface area contributed by atoms with Crippen LogP contribution >= 0.6 is 0 Å². The third kappa shape index (κ3) is 2.59. The fourth-order valence-corrected chi connectivity index (χ4v) is 3.14. The van der Waals surface area contributed by atoms with Gasteiger partial charge in [-0.25, -0.2) is 0 Å². The highest BCUT2D eigenvalue weighted by molar-refractivity contribution is 5.82. The van der Waals surface area contributed by atoms with Crippen LogP contribution in [0.2, 0.25) is 0 Å². The van der Waals surface area contributed by atoms with Crippen molar-refractivity contribution in [2.24, 2.45) is 11.3 Å². The fraction of sp³-hybridized carbons (Fsp3) is 0.588. The van der Waals surface area contributed by atoms with E-state index in [1.54, 1.807) is 0 Å². The zero-order valence-corrected chi connectivity index (χ0v) is 12.4. The second kappa shape index (κ2) is 5.21. The third-order valence-electron chi connectivity index (χ3n) is 5.13. The summed E-state index contributed by atoms with van der Waals surface area (Å²) in [4.78, 5) is 12.3. The van der Waals surface area contributed by atoms with Gasteiger partial charge in [-0.15, -0.1) is 0 Å². The summed E-state index contributed by atoms with van der Waals surface area (Å²) in [6.07, 6.45) is 3.31. The summed E-state index contributed by atoms with van der Waals surface area (Å²) in [6, 6.07) is 8.30. The molecule has 3 heteroatoms. The average molecular weight is 272 g/mol. The van der Waals surface area contributed by atoms with Crippen molar-refractivity contribution >= 4 is 5.91 Å². The lowest BCUT2D eigenvalue weighted by atomic mass is 9.92. The van der Waals surface area contributed by atoms with Gasteiger partial charge in [-0.05, 0) is 41.7 Å². The number of benzene rings is 1. The van der Waals surface area contributed by atoms with Crippen molar-refractivity contribution in [3.63, 3.8) is 0 Å². The van der Waals surface area contributed by atoms with Crippen LogP contribution in [0.4, 0.5) is 0 Å². The van der Waals surface area contributed by atoms with E-state index in [4.69, 9.17) is 0 Å². The molecule has 0 unspecified atom stereocenters. The highest BCUT2D eigenvalue weighted by atomic mass is 16.2. The summed E-state index contributed by atoms with van der Waals surface area (Å²) in [6.45, 7) is 6.15. The number of amides is 1. The molecule has 0 bridgehead atoms. The minimum atomic E-state index is -0.0761. The smallest absolute Gasteiger partial charge is 0.237 e. The monoisotopic (exact) mass is 272 g/mol. The van der Waals surface area contributed by atoms with Gasteiger partial charge in [0.25, 0.3) is 0 Å². The SMILES string of the molecule is CC(C)C1(CNC(=O)[C@H]2Cc3ccccc3CN2)CC1. The lowest BCUT2D eigenvalue weighted by Crippen LogP contribution is -2.49. The highest BCUT2D eigenvalue weighted by Crippen LogP contribution is 2.51. The van der Waals surface area contributed by atoms with Crippen molar-refractivity contribution in [1.29, 1.82) is 0 Å². The molecule has 3 rings (SSSR count). The number of fused-ring (bicyclic) bond motifs is 1. The van der Waals surface area contributed by atoms with E-state index in [0.717, 1.165) is 19.5 Å². The Morgan fingerprint density at radius 3 is 2.70 bits per heavy atom. The van der Waals surface area contributed by atoms with Crippen LogP contribution in [-0.2, 0) is 17.8 Å². The van der Waals surface area contributed by atoms with Crippen LogP contribution < -0.4 is 10.6 Å². The molecule has 0 spiro atoms. The molecule has 1 aromatic carbocycles. The van der Waals surface area contributed by atoms with Crippen LogP contribution in [0.25, 0.3) is 0 Å². The van der Waals surface area contributed by atoms with Crippen molar-refractivity contribution < 1.29 is 4.79 Å². The Balaban J connectivity index is 1.57. The van der Waals surface area contributed by atoms with Gasteiger partial charge in [0.1, 0.15) is 0 Å². The third-order valence-corrected chi connectivity index (χ3v) is 5.13. The fourth-order valence-electron chi connectivity index (χ4n) is 3.14. The summed E-state index contributed by atoms with van der Waals surface area (Å²) in [5.41, 5.74) is 3.00. The molecule has 1 aliphatic heterocycles. The molecule has 20 heavy (non-hydrogen) atoms. The maximum atomic E-state index is 12.3. The van der Waals surface area contributed by atoms with Gasteiger partial charge in [-0.1, -0.05) is 38.1 Å². The molecular formula is C17H24N2O. The van der Waals surface area contributed by atoms with Crippen LogP contribution in [0.3, 0.4) is 0 Å². The number of hydrogen-bond donors (Lipinski definition) is 2. The molecule has 1 aromatic rings. The molecule has 1 saturated carbocycles. The largest absolute Gasteiger partial charge is 0.354 e. The number of rotatable bonds is 4. The molecule has 1 fully saturated rings. The Bertz CT molecular complexity index is 505. The van der Waals surface area contributed by atoms with Crippen LogP contribution in [0, 0.1) is 11.3 Å². The van der Waals surface area contributed by atoms with Crippen LogP contribution in [0.15, 0.2) is 24.3 Å². The standard InChI is InChI=1S/C17H24N2O/c1-12(2)17(7-8-17)11-19-16(20)15-9-13-5-3-4-6-14(13)10-18-15/h3-6,12,15,18H,7-11H2,1-2H3,(H,19,20)/t15-/m1/s1. The van der Waals surface area contributed by atoms with E-state index in [2.05, 4.69) is 48.7 Å². The molecule has 0 saturated heterocycles. The molecule has 0 radical (unpaired) electrons. The van der Waals surface area contributed by atoms with Crippen molar-refractivity contribution in [3.8, 4) is 0 Å². The van der Waals surface area contributed by atoms with Crippen molar-refractivity contribution in [2.45, 2.75) is 45.7 Å². The maximum absolute atomic E-state index is 12.3. The van der Waals surface area contributed by atoms with Gasteiger partial charge in [0.15, 0.2) is 0 Å². The maximum Gasteiger partial charge on any atom is 0.237 e. The summed E-state index contributed by atoms with van der Waals surface area (Å²) >= 11 is 0. The Kier molecular flexibility index (Phi) is 3.55. The molecule has 1 atom stereocenters. The van der Waals surface area contributed by atoms with E-state index in [1.807, 2.05) is 0 Å². The molecule has 2 N–H and O–H groups in total. The van der Waals surface area contributed by atoms with E-state index in [1.165, 1.54) is 24.0 Å². The van der Waals surface area contributed by atoms with Crippen LogP contribution in [0.1, 0.15) is 37.8 Å². The normalized spacial score (nSPS) is 23.2. The predicted octanol–water partition coefficient (Wildman–Crippen LogP) is 2.25. The molecular weight excluding hydrogens is 248 g/mol. The van der Waals surface area contributed by atoms with Gasteiger partial charge in [-0.2, -0.15) is 0 Å². The zero-order valence-electron chi connectivity index (χ0n) is 12.4. The predicted molar refractivity (Wildman–Crippen MR) is 80.3 cm³/mol. The lowest BCUT2D eigenvalue weighted by Gasteiger charge is -2.27. The van der Waals surface area contributed by atoms with Crippen molar-refractivity contribution in [1.82, 2.24) is 10.6 Å². The van der Waals surface area contributed by atoms with Gasteiger partial charge < -0.3 is 10.6 Å². The van der Waals surface area contributed by atoms with E-state index < -0.39 is 0 Å². The highest BCUT2D eigenvalue weighted by Gasteiger charge is 2.45. The Morgan fingerprint density at radius 1 is 1.35 bits per heavy atom. The van der Waals surface area contributed by atoms with E-state index >= 15 is 0 Å². The number of carbonyl (C=O) groups is 1. The molecule has 2 aliphatic rings. The quantitative estimate of drug-likeness (QED) is 0.882. The molecule has 0 aromatic heterocycles. The topological polar surface area (TPSA) is 41.1 Å². The molecule has 1 aliphatic carbocycles. The van der Waals surface area contributed by atoms with Gasteiger partial charge >= 0.3 is 0 Å². The zero-order chi connectivity index (χ0) is 14.2. The van der Waals surface area contributed by atoms with Gasteiger partial charge in [-0.3, -0.25) is 4.79 Å². The van der Waals surface area contributed by atoms with E-state index in [9.17, 15) is 4.79 Å². The first-order chi connectivity index (χ1) is 9.61. The van der Waals surface area contributed by atoms with E-state index in [-0.39, 0.29) is 11.9 Å². The second-order valence-electron chi connectivity index (χ2n) is 6.64. The first kappa shape index (κ1) is 13.6. The Labute approximate surface area is 121 Å². The van der Waals surface area contributed by atoms with Crippen LogP contribution in [-0.4, -0.2) is 18.5 Å². The first-order valence-electron chi connectivity index (χ1n) is 7.69.